The third kappa shape index (κ3) is 4.73. The van der Waals surface area contributed by atoms with Crippen molar-refractivity contribution < 1.29 is 4.74 Å². The molecule has 150 valence electrons. The minimum Gasteiger partial charge on any atom is -0.378 e. The lowest BCUT2D eigenvalue weighted by atomic mass is 9.60. The van der Waals surface area contributed by atoms with E-state index in [2.05, 4.69) is 34.0 Å². The van der Waals surface area contributed by atoms with E-state index in [9.17, 15) is 0 Å². The largest absolute Gasteiger partial charge is 0.378 e. The van der Waals surface area contributed by atoms with Gasteiger partial charge in [0.2, 0.25) is 0 Å². The quantitative estimate of drug-likeness (QED) is 0.268. The predicted molar refractivity (Wildman–Crippen MR) is 119 cm³/mol. The van der Waals surface area contributed by atoms with Crippen molar-refractivity contribution in [1.29, 1.82) is 0 Å². The van der Waals surface area contributed by atoms with Crippen LogP contribution in [0.5, 0.6) is 0 Å². The van der Waals surface area contributed by atoms with Gasteiger partial charge in [0, 0.05) is 50.8 Å². The molecule has 1 spiro atoms. The molecule has 2 saturated carbocycles. The number of rotatable bonds is 6. The number of guanidine groups is 1. The van der Waals surface area contributed by atoms with Crippen molar-refractivity contribution in [3.8, 4) is 0 Å². The summed E-state index contributed by atoms with van der Waals surface area (Å²) < 4.78 is 6.03. The highest BCUT2D eigenvalue weighted by molar-refractivity contribution is 14.0. The van der Waals surface area contributed by atoms with E-state index < -0.39 is 0 Å². The standard InChI is InChI=1S/C20H36N4O.HI/c1-4-12-24-13-8-16(9-14-24)22-19(21-3)23-17-15-18(25-5-2)20(17)10-6-7-11-20;/h4,16-18H,1,5-15H2,2-3H3,(H2,21,22,23);1H. The monoisotopic (exact) mass is 476 g/mol. The average molecular weight is 476 g/mol. The van der Waals surface area contributed by atoms with Crippen LogP contribution in [0.4, 0.5) is 0 Å². The van der Waals surface area contributed by atoms with Crippen molar-refractivity contribution in [3.05, 3.63) is 12.7 Å². The molecule has 0 radical (unpaired) electrons. The maximum Gasteiger partial charge on any atom is 0.191 e. The van der Waals surface area contributed by atoms with Gasteiger partial charge in [-0.1, -0.05) is 18.9 Å². The second-order valence-electron chi connectivity index (χ2n) is 7.90. The molecule has 0 aromatic carbocycles. The van der Waals surface area contributed by atoms with E-state index in [1.54, 1.807) is 0 Å². The summed E-state index contributed by atoms with van der Waals surface area (Å²) in [5, 5.41) is 7.40. The number of hydrogen-bond acceptors (Lipinski definition) is 3. The number of likely N-dealkylation sites (tertiary alicyclic amines) is 1. The molecule has 5 nitrogen and oxygen atoms in total. The van der Waals surface area contributed by atoms with Crippen LogP contribution in [0.1, 0.15) is 51.9 Å². The highest BCUT2D eigenvalue weighted by atomic mass is 127. The molecular formula is C20H37IN4O. The summed E-state index contributed by atoms with van der Waals surface area (Å²) in [5.41, 5.74) is 0.348. The molecule has 3 fully saturated rings. The van der Waals surface area contributed by atoms with Crippen molar-refractivity contribution in [2.45, 2.75) is 70.1 Å². The molecule has 26 heavy (non-hydrogen) atoms. The van der Waals surface area contributed by atoms with E-state index in [4.69, 9.17) is 4.74 Å². The Kier molecular flexibility index (Phi) is 8.67. The first-order chi connectivity index (χ1) is 12.2. The fourth-order valence-electron chi connectivity index (χ4n) is 5.06. The van der Waals surface area contributed by atoms with Crippen molar-refractivity contribution in [1.82, 2.24) is 15.5 Å². The van der Waals surface area contributed by atoms with Crippen LogP contribution in [-0.2, 0) is 4.74 Å². The Balaban J connectivity index is 0.00000243. The van der Waals surface area contributed by atoms with E-state index in [0.29, 0.717) is 23.6 Å². The number of nitrogens with zero attached hydrogens (tertiary/aromatic N) is 2. The fraction of sp³-hybridized carbons (Fsp3) is 0.850. The summed E-state index contributed by atoms with van der Waals surface area (Å²) in [7, 11) is 1.89. The summed E-state index contributed by atoms with van der Waals surface area (Å²) in [6, 6.07) is 1.04. The van der Waals surface area contributed by atoms with Gasteiger partial charge in [-0.25, -0.2) is 0 Å². The molecule has 1 saturated heterocycles. The smallest absolute Gasteiger partial charge is 0.191 e. The maximum absolute atomic E-state index is 6.03. The van der Waals surface area contributed by atoms with Crippen LogP contribution in [0.15, 0.2) is 17.6 Å². The second kappa shape index (κ2) is 10.3. The number of hydrogen-bond donors (Lipinski definition) is 2. The zero-order valence-electron chi connectivity index (χ0n) is 16.5. The first kappa shape index (κ1) is 22.0. The topological polar surface area (TPSA) is 48.9 Å². The minimum absolute atomic E-state index is 0. The number of ether oxygens (including phenoxy) is 1. The maximum atomic E-state index is 6.03. The molecular weight excluding hydrogens is 439 g/mol. The van der Waals surface area contributed by atoms with Gasteiger partial charge in [0.1, 0.15) is 0 Å². The third-order valence-corrected chi connectivity index (χ3v) is 6.54. The van der Waals surface area contributed by atoms with Gasteiger partial charge >= 0.3 is 0 Å². The zero-order valence-corrected chi connectivity index (χ0v) is 18.8. The van der Waals surface area contributed by atoms with Gasteiger partial charge in [0.15, 0.2) is 5.96 Å². The highest BCUT2D eigenvalue weighted by Crippen LogP contribution is 2.54. The Bertz CT molecular complexity index is 470. The van der Waals surface area contributed by atoms with E-state index in [-0.39, 0.29) is 24.0 Å². The van der Waals surface area contributed by atoms with Crippen LogP contribution < -0.4 is 10.6 Å². The van der Waals surface area contributed by atoms with E-state index in [1.165, 1.54) is 38.5 Å². The van der Waals surface area contributed by atoms with Crippen LogP contribution in [-0.4, -0.2) is 62.3 Å². The highest BCUT2D eigenvalue weighted by Gasteiger charge is 2.57. The molecule has 3 rings (SSSR count). The Morgan fingerprint density at radius 2 is 1.96 bits per heavy atom. The van der Waals surface area contributed by atoms with Gasteiger partial charge in [-0.2, -0.15) is 0 Å². The molecule has 2 atom stereocenters. The number of halogens is 1. The van der Waals surface area contributed by atoms with Crippen LogP contribution in [0.25, 0.3) is 0 Å². The summed E-state index contributed by atoms with van der Waals surface area (Å²) in [6.07, 6.45) is 11.2. The Labute approximate surface area is 176 Å². The Morgan fingerprint density at radius 3 is 2.54 bits per heavy atom. The lowest BCUT2D eigenvalue weighted by Gasteiger charge is -2.54. The van der Waals surface area contributed by atoms with Crippen LogP contribution in [0.3, 0.4) is 0 Å². The molecule has 1 aliphatic heterocycles. The van der Waals surface area contributed by atoms with Gasteiger partial charge in [-0.05, 0) is 39.0 Å². The van der Waals surface area contributed by atoms with Gasteiger partial charge in [0.05, 0.1) is 6.10 Å². The predicted octanol–water partition coefficient (Wildman–Crippen LogP) is 3.16. The molecule has 1 heterocycles. The number of piperidine rings is 1. The number of nitrogens with one attached hydrogen (secondary N) is 2. The summed E-state index contributed by atoms with van der Waals surface area (Å²) >= 11 is 0. The third-order valence-electron chi connectivity index (χ3n) is 6.54. The molecule has 0 bridgehead atoms. The van der Waals surface area contributed by atoms with E-state index >= 15 is 0 Å². The molecule has 0 aromatic rings. The zero-order chi connectivity index (χ0) is 17.7. The van der Waals surface area contributed by atoms with Gasteiger partial charge in [-0.3, -0.25) is 9.89 Å². The van der Waals surface area contributed by atoms with Crippen molar-refractivity contribution in [2.75, 3.05) is 33.3 Å². The van der Waals surface area contributed by atoms with Crippen molar-refractivity contribution >= 4 is 29.9 Å². The van der Waals surface area contributed by atoms with Crippen molar-refractivity contribution in [2.24, 2.45) is 10.4 Å². The van der Waals surface area contributed by atoms with Gasteiger partial charge < -0.3 is 15.4 Å². The van der Waals surface area contributed by atoms with Crippen molar-refractivity contribution in [3.63, 3.8) is 0 Å². The van der Waals surface area contributed by atoms with Crippen LogP contribution in [0, 0.1) is 5.41 Å². The molecule has 0 amide bonds. The second-order valence-corrected chi connectivity index (χ2v) is 7.90. The molecule has 2 N–H and O–H groups in total. The molecule has 6 heteroatoms. The molecule has 3 aliphatic rings. The molecule has 2 aliphatic carbocycles. The lowest BCUT2D eigenvalue weighted by molar-refractivity contribution is -0.125. The normalized spacial score (nSPS) is 29.1. The van der Waals surface area contributed by atoms with Gasteiger partial charge in [0.25, 0.3) is 0 Å². The lowest BCUT2D eigenvalue weighted by Crippen LogP contribution is -2.65. The fourth-order valence-corrected chi connectivity index (χ4v) is 5.06. The van der Waals surface area contributed by atoms with Crippen LogP contribution >= 0.6 is 24.0 Å². The summed E-state index contributed by atoms with van der Waals surface area (Å²) in [4.78, 5) is 6.97. The first-order valence-electron chi connectivity index (χ1n) is 10.2. The first-order valence-corrected chi connectivity index (χ1v) is 10.2. The Morgan fingerprint density at radius 1 is 1.27 bits per heavy atom. The van der Waals surface area contributed by atoms with E-state index in [1.807, 2.05) is 13.1 Å². The minimum atomic E-state index is 0. The molecule has 0 aromatic heterocycles. The molecule has 2 unspecified atom stereocenters. The van der Waals surface area contributed by atoms with E-state index in [0.717, 1.165) is 38.6 Å². The average Bonchev–Trinajstić information content (AvgIpc) is 3.14. The van der Waals surface area contributed by atoms with Gasteiger partial charge in [-0.15, -0.1) is 30.6 Å². The number of aliphatic imine (C=N–C) groups is 1. The summed E-state index contributed by atoms with van der Waals surface area (Å²) in [6.45, 7) is 10.1. The summed E-state index contributed by atoms with van der Waals surface area (Å²) in [5.74, 6) is 0.980. The SMILES string of the molecule is C=CCN1CCC(NC(=NC)NC2CC(OCC)C23CCCC3)CC1.I. The Hall–Kier alpha value is -0.340. The van der Waals surface area contributed by atoms with Crippen LogP contribution in [0.2, 0.25) is 0 Å².